The van der Waals surface area contributed by atoms with Gasteiger partial charge in [-0.1, -0.05) is 0 Å². The predicted octanol–water partition coefficient (Wildman–Crippen LogP) is -0.455. The molecule has 1 atom stereocenters. The van der Waals surface area contributed by atoms with Gasteiger partial charge in [0.15, 0.2) is 0 Å². The molecule has 0 saturated heterocycles. The van der Waals surface area contributed by atoms with Gasteiger partial charge in [-0.2, -0.15) is 11.8 Å². The van der Waals surface area contributed by atoms with E-state index < -0.39 is 29.9 Å². The van der Waals surface area contributed by atoms with Crippen LogP contribution in [0.1, 0.15) is 20.3 Å². The van der Waals surface area contributed by atoms with Crippen molar-refractivity contribution in [1.82, 2.24) is 16.0 Å². The highest BCUT2D eigenvalue weighted by Crippen LogP contribution is 2.05. The number of carboxylic acid groups (broad SMARTS) is 1. The highest BCUT2D eigenvalue weighted by molar-refractivity contribution is 7.99. The van der Waals surface area contributed by atoms with Crippen LogP contribution in [0.2, 0.25) is 0 Å². The molecule has 0 fully saturated rings. The quantitative estimate of drug-likeness (QED) is 0.450. The van der Waals surface area contributed by atoms with E-state index in [1.807, 2.05) is 0 Å². The van der Waals surface area contributed by atoms with Gasteiger partial charge in [0.05, 0.1) is 5.75 Å². The van der Waals surface area contributed by atoms with Crippen molar-refractivity contribution >= 4 is 35.6 Å². The number of carbonyl (C=O) groups is 4. The molecule has 8 nitrogen and oxygen atoms in total. The van der Waals surface area contributed by atoms with E-state index in [9.17, 15) is 19.2 Å². The van der Waals surface area contributed by atoms with Crippen LogP contribution in [-0.2, 0) is 14.4 Å². The van der Waals surface area contributed by atoms with Crippen molar-refractivity contribution in [3.63, 3.8) is 0 Å². The van der Waals surface area contributed by atoms with Crippen molar-refractivity contribution in [3.05, 3.63) is 0 Å². The second kappa shape index (κ2) is 10.1. The van der Waals surface area contributed by atoms with Gasteiger partial charge in [-0.3, -0.25) is 14.9 Å². The van der Waals surface area contributed by atoms with Crippen LogP contribution >= 0.6 is 11.8 Å². The van der Waals surface area contributed by atoms with E-state index in [2.05, 4.69) is 16.0 Å². The van der Waals surface area contributed by atoms with E-state index in [-0.39, 0.29) is 12.2 Å². The van der Waals surface area contributed by atoms with E-state index in [0.29, 0.717) is 12.3 Å². The maximum atomic E-state index is 11.3. The van der Waals surface area contributed by atoms with Crippen LogP contribution in [-0.4, -0.2) is 53.0 Å². The Morgan fingerprint density at radius 2 is 1.90 bits per heavy atom. The Morgan fingerprint density at radius 1 is 1.25 bits per heavy atom. The normalized spacial score (nSPS) is 11.3. The Bertz CT molecular complexity index is 375. The summed E-state index contributed by atoms with van der Waals surface area (Å²) >= 11 is 1.19. The van der Waals surface area contributed by atoms with Gasteiger partial charge in [0.2, 0.25) is 11.8 Å². The lowest BCUT2D eigenvalue weighted by atomic mass is 10.2. The summed E-state index contributed by atoms with van der Waals surface area (Å²) in [5.74, 6) is -1.57. The molecule has 20 heavy (non-hydrogen) atoms. The molecule has 4 N–H and O–H groups in total. The number of urea groups is 1. The van der Waals surface area contributed by atoms with Gasteiger partial charge >= 0.3 is 12.0 Å². The molecule has 0 spiro atoms. The molecule has 0 aromatic carbocycles. The Hall–Kier alpha value is -1.77. The minimum absolute atomic E-state index is 0.0452. The van der Waals surface area contributed by atoms with Crippen LogP contribution in [0, 0.1) is 0 Å². The smallest absolute Gasteiger partial charge is 0.326 e. The van der Waals surface area contributed by atoms with Crippen molar-refractivity contribution < 1.29 is 24.3 Å². The standard InChI is InChI=1S/C11H19N3O5S/c1-3-12-11(19)14-9(16)6-20-5-4-8(10(17)18)13-7(2)15/h8H,3-6H2,1-2H3,(H,13,15)(H,17,18)(H2,12,14,16,19). The van der Waals surface area contributed by atoms with E-state index >= 15 is 0 Å². The molecule has 0 bridgehead atoms. The molecular weight excluding hydrogens is 286 g/mol. The van der Waals surface area contributed by atoms with E-state index in [1.165, 1.54) is 18.7 Å². The fourth-order valence-corrected chi connectivity index (χ4v) is 2.04. The maximum Gasteiger partial charge on any atom is 0.326 e. The molecule has 0 aliphatic rings. The lowest BCUT2D eigenvalue weighted by molar-refractivity contribution is -0.141. The molecule has 0 aliphatic carbocycles. The zero-order chi connectivity index (χ0) is 15.5. The number of nitrogens with one attached hydrogen (secondary N) is 3. The summed E-state index contributed by atoms with van der Waals surface area (Å²) < 4.78 is 0. The van der Waals surface area contributed by atoms with Gasteiger partial charge < -0.3 is 15.7 Å². The number of thioether (sulfide) groups is 1. The number of hydrogen-bond donors (Lipinski definition) is 4. The fraction of sp³-hybridized carbons (Fsp3) is 0.636. The van der Waals surface area contributed by atoms with Crippen molar-refractivity contribution in [1.29, 1.82) is 0 Å². The highest BCUT2D eigenvalue weighted by Gasteiger charge is 2.18. The Kier molecular flexibility index (Phi) is 9.18. The number of carboxylic acids is 1. The summed E-state index contributed by atoms with van der Waals surface area (Å²) in [4.78, 5) is 44.0. The molecule has 4 amide bonds. The number of amides is 4. The monoisotopic (exact) mass is 305 g/mol. The van der Waals surface area contributed by atoms with Gasteiger partial charge in [-0.05, 0) is 19.1 Å². The molecular formula is C11H19N3O5S. The lowest BCUT2D eigenvalue weighted by Gasteiger charge is -2.12. The number of imide groups is 1. The number of hydrogen-bond acceptors (Lipinski definition) is 5. The summed E-state index contributed by atoms with van der Waals surface area (Å²) in [5, 5.41) is 15.7. The van der Waals surface area contributed by atoms with Crippen LogP contribution in [0.25, 0.3) is 0 Å². The second-order valence-corrected chi connectivity index (χ2v) is 4.95. The van der Waals surface area contributed by atoms with Crippen molar-refractivity contribution in [2.45, 2.75) is 26.3 Å². The molecule has 0 radical (unpaired) electrons. The Labute approximate surface area is 121 Å². The van der Waals surface area contributed by atoms with Crippen LogP contribution in [0.3, 0.4) is 0 Å². The topological polar surface area (TPSA) is 125 Å². The zero-order valence-electron chi connectivity index (χ0n) is 11.4. The molecule has 0 rings (SSSR count). The van der Waals surface area contributed by atoms with E-state index in [1.54, 1.807) is 6.92 Å². The fourth-order valence-electron chi connectivity index (χ4n) is 1.24. The minimum atomic E-state index is -1.12. The Balaban J connectivity index is 3.88. The largest absolute Gasteiger partial charge is 0.480 e. The molecule has 1 unspecified atom stereocenters. The highest BCUT2D eigenvalue weighted by atomic mass is 32.2. The van der Waals surface area contributed by atoms with Crippen molar-refractivity contribution in [3.8, 4) is 0 Å². The summed E-state index contributed by atoms with van der Waals surface area (Å²) in [5.41, 5.74) is 0. The third kappa shape index (κ3) is 9.20. The maximum absolute atomic E-state index is 11.3. The molecule has 0 aromatic heterocycles. The molecule has 0 saturated carbocycles. The molecule has 0 aliphatic heterocycles. The average Bonchev–Trinajstić information content (AvgIpc) is 2.32. The van der Waals surface area contributed by atoms with Crippen molar-refractivity contribution in [2.75, 3.05) is 18.1 Å². The Morgan fingerprint density at radius 3 is 2.40 bits per heavy atom. The first-order valence-electron chi connectivity index (χ1n) is 6.02. The second-order valence-electron chi connectivity index (χ2n) is 3.84. The van der Waals surface area contributed by atoms with E-state index in [4.69, 9.17) is 5.11 Å². The summed E-state index contributed by atoms with van der Waals surface area (Å²) in [6.45, 7) is 3.39. The number of rotatable bonds is 8. The third-order valence-corrected chi connectivity index (χ3v) is 3.04. The van der Waals surface area contributed by atoms with Gasteiger partial charge in [0, 0.05) is 13.5 Å². The van der Waals surface area contributed by atoms with Gasteiger partial charge in [-0.15, -0.1) is 0 Å². The summed E-state index contributed by atoms with van der Waals surface area (Å²) in [7, 11) is 0. The van der Waals surface area contributed by atoms with Crippen LogP contribution in [0.15, 0.2) is 0 Å². The lowest BCUT2D eigenvalue weighted by Crippen LogP contribution is -2.41. The number of aliphatic carboxylic acids is 1. The minimum Gasteiger partial charge on any atom is -0.480 e. The first kappa shape index (κ1) is 18.2. The van der Waals surface area contributed by atoms with Crippen LogP contribution in [0.4, 0.5) is 4.79 Å². The number of carbonyl (C=O) groups excluding carboxylic acids is 3. The van der Waals surface area contributed by atoms with Crippen molar-refractivity contribution in [2.24, 2.45) is 0 Å². The average molecular weight is 305 g/mol. The molecule has 114 valence electrons. The first-order chi connectivity index (χ1) is 9.36. The zero-order valence-corrected chi connectivity index (χ0v) is 12.2. The SMILES string of the molecule is CCNC(=O)NC(=O)CSCCC(NC(C)=O)C(=O)O. The van der Waals surface area contributed by atoms with E-state index in [0.717, 1.165) is 0 Å². The summed E-state index contributed by atoms with van der Waals surface area (Å²) in [6, 6.07) is -1.52. The molecule has 9 heteroatoms. The first-order valence-corrected chi connectivity index (χ1v) is 7.17. The van der Waals surface area contributed by atoms with Gasteiger partial charge in [-0.25, -0.2) is 9.59 Å². The van der Waals surface area contributed by atoms with Crippen LogP contribution < -0.4 is 16.0 Å². The van der Waals surface area contributed by atoms with Gasteiger partial charge in [0.1, 0.15) is 6.04 Å². The van der Waals surface area contributed by atoms with Gasteiger partial charge in [0.25, 0.3) is 0 Å². The van der Waals surface area contributed by atoms with Crippen LogP contribution in [0.5, 0.6) is 0 Å². The third-order valence-electron chi connectivity index (χ3n) is 2.05. The summed E-state index contributed by atoms with van der Waals surface area (Å²) in [6.07, 6.45) is 0.202. The molecule has 0 heterocycles. The predicted molar refractivity (Wildman–Crippen MR) is 74.4 cm³/mol. The molecule has 0 aromatic rings.